The van der Waals surface area contributed by atoms with Gasteiger partial charge in [-0.25, -0.2) is 0 Å². The molecule has 52 valence electrons. The van der Waals surface area contributed by atoms with Gasteiger partial charge in [0.05, 0.1) is 0 Å². The van der Waals surface area contributed by atoms with Crippen LogP contribution in [-0.2, 0) is 0 Å². The van der Waals surface area contributed by atoms with Crippen molar-refractivity contribution in [2.75, 3.05) is 0 Å². The van der Waals surface area contributed by atoms with E-state index in [2.05, 4.69) is 5.48 Å². The Labute approximate surface area is 58.7 Å². The monoisotopic (exact) mass is 136 g/mol. The molecule has 1 aromatic carbocycles. The van der Waals surface area contributed by atoms with Crippen molar-refractivity contribution in [1.82, 2.24) is 5.48 Å². The van der Waals surface area contributed by atoms with Crippen molar-refractivity contribution in [3.05, 3.63) is 29.8 Å². The third-order valence-corrected chi connectivity index (χ3v) is 1.55. The van der Waals surface area contributed by atoms with E-state index < -0.39 is 0 Å². The molecule has 0 radical (unpaired) electrons. The molecule has 2 rings (SSSR count). The summed E-state index contributed by atoms with van der Waals surface area (Å²) in [5.74, 6) is 0.829. The van der Waals surface area contributed by atoms with Crippen LogP contribution in [0.1, 0.15) is 11.7 Å². The summed E-state index contributed by atoms with van der Waals surface area (Å²) < 4.78 is 0. The summed E-state index contributed by atoms with van der Waals surface area (Å²) in [7, 11) is 0. The standard InChI is InChI=1S/C7H8N2O/c8-7-5-3-1-2-4-6(5)10-9-7/h1-4,7,9H,8H2. The second-order valence-corrected chi connectivity index (χ2v) is 2.24. The van der Waals surface area contributed by atoms with Crippen molar-refractivity contribution in [1.29, 1.82) is 0 Å². The molecular formula is C7H8N2O. The van der Waals surface area contributed by atoms with Gasteiger partial charge >= 0.3 is 0 Å². The SMILES string of the molecule is NC1NOc2ccccc21. The van der Waals surface area contributed by atoms with Gasteiger partial charge in [0, 0.05) is 5.56 Å². The lowest BCUT2D eigenvalue weighted by molar-refractivity contribution is 0.196. The van der Waals surface area contributed by atoms with Crippen molar-refractivity contribution < 1.29 is 4.84 Å². The second-order valence-electron chi connectivity index (χ2n) is 2.24. The Bertz CT molecular complexity index is 249. The molecule has 0 saturated carbocycles. The Morgan fingerprint density at radius 3 is 3.00 bits per heavy atom. The number of para-hydroxylation sites is 1. The van der Waals surface area contributed by atoms with Crippen LogP contribution in [0.2, 0.25) is 0 Å². The molecule has 1 heterocycles. The number of fused-ring (bicyclic) bond motifs is 1. The van der Waals surface area contributed by atoms with Gasteiger partial charge in [0.2, 0.25) is 0 Å². The number of benzene rings is 1. The molecule has 3 heteroatoms. The molecule has 1 aliphatic rings. The molecule has 0 fully saturated rings. The number of nitrogens with two attached hydrogens (primary N) is 1. The van der Waals surface area contributed by atoms with Crippen LogP contribution in [-0.4, -0.2) is 0 Å². The maximum atomic E-state index is 5.61. The molecule has 0 aliphatic carbocycles. The van der Waals surface area contributed by atoms with Crippen LogP contribution in [0.25, 0.3) is 0 Å². The fourth-order valence-corrected chi connectivity index (χ4v) is 1.02. The van der Waals surface area contributed by atoms with E-state index in [0.717, 1.165) is 11.3 Å². The summed E-state index contributed by atoms with van der Waals surface area (Å²) in [5.41, 5.74) is 9.29. The van der Waals surface area contributed by atoms with Crippen molar-refractivity contribution in [3.63, 3.8) is 0 Å². The number of hydrogen-bond donors (Lipinski definition) is 2. The van der Waals surface area contributed by atoms with Gasteiger partial charge in [-0.1, -0.05) is 18.2 Å². The Kier molecular flexibility index (Phi) is 1.12. The normalized spacial score (nSPS) is 21.9. The molecule has 0 spiro atoms. The molecule has 0 bridgehead atoms. The maximum absolute atomic E-state index is 5.61. The number of hydrogen-bond acceptors (Lipinski definition) is 3. The van der Waals surface area contributed by atoms with Crippen molar-refractivity contribution in [3.8, 4) is 5.75 Å². The first kappa shape index (κ1) is 5.70. The summed E-state index contributed by atoms with van der Waals surface area (Å²) in [5, 5.41) is 0. The van der Waals surface area contributed by atoms with Crippen LogP contribution in [0.5, 0.6) is 5.75 Å². The molecule has 3 N–H and O–H groups in total. The van der Waals surface area contributed by atoms with Crippen LogP contribution in [0.3, 0.4) is 0 Å². The summed E-state index contributed by atoms with van der Waals surface area (Å²) in [6.45, 7) is 0. The maximum Gasteiger partial charge on any atom is 0.153 e. The molecule has 1 unspecified atom stereocenters. The first-order chi connectivity index (χ1) is 4.88. The molecule has 1 atom stereocenters. The Balaban J connectivity index is 2.51. The van der Waals surface area contributed by atoms with Gasteiger partial charge in [-0.3, -0.25) is 0 Å². The van der Waals surface area contributed by atoms with E-state index in [0.29, 0.717) is 0 Å². The summed E-state index contributed by atoms with van der Waals surface area (Å²) in [4.78, 5) is 5.04. The Morgan fingerprint density at radius 2 is 2.20 bits per heavy atom. The third kappa shape index (κ3) is 0.683. The van der Waals surface area contributed by atoms with Crippen LogP contribution in [0.4, 0.5) is 0 Å². The highest BCUT2D eigenvalue weighted by Gasteiger charge is 2.18. The van der Waals surface area contributed by atoms with Gasteiger partial charge in [-0.05, 0) is 6.07 Å². The van der Waals surface area contributed by atoms with Gasteiger partial charge in [-0.15, -0.1) is 5.48 Å². The molecule has 3 nitrogen and oxygen atoms in total. The van der Waals surface area contributed by atoms with Gasteiger partial charge in [0.25, 0.3) is 0 Å². The molecule has 0 saturated heterocycles. The molecular weight excluding hydrogens is 128 g/mol. The minimum atomic E-state index is -0.170. The minimum Gasteiger partial charge on any atom is -0.406 e. The highest BCUT2D eigenvalue weighted by atomic mass is 16.7. The van der Waals surface area contributed by atoms with E-state index >= 15 is 0 Å². The quantitative estimate of drug-likeness (QED) is 0.547. The van der Waals surface area contributed by atoms with Crippen LogP contribution < -0.4 is 16.1 Å². The van der Waals surface area contributed by atoms with Crippen LogP contribution in [0, 0.1) is 0 Å². The van der Waals surface area contributed by atoms with E-state index in [-0.39, 0.29) is 6.17 Å². The highest BCUT2D eigenvalue weighted by molar-refractivity contribution is 5.37. The second kappa shape index (κ2) is 1.97. The number of nitrogens with one attached hydrogen (secondary N) is 1. The number of hydroxylamine groups is 1. The topological polar surface area (TPSA) is 47.3 Å². The molecule has 1 aromatic rings. The van der Waals surface area contributed by atoms with E-state index in [9.17, 15) is 0 Å². The molecule has 0 amide bonds. The van der Waals surface area contributed by atoms with Crippen LogP contribution in [0.15, 0.2) is 24.3 Å². The fraction of sp³-hybridized carbons (Fsp3) is 0.143. The van der Waals surface area contributed by atoms with Crippen molar-refractivity contribution in [2.24, 2.45) is 5.73 Å². The van der Waals surface area contributed by atoms with E-state index in [1.54, 1.807) is 0 Å². The Hall–Kier alpha value is -1.06. The third-order valence-electron chi connectivity index (χ3n) is 1.55. The highest BCUT2D eigenvalue weighted by Crippen LogP contribution is 2.26. The first-order valence-electron chi connectivity index (χ1n) is 3.15. The van der Waals surface area contributed by atoms with Gasteiger partial charge in [0.15, 0.2) is 5.75 Å². The van der Waals surface area contributed by atoms with Gasteiger partial charge in [-0.2, -0.15) is 0 Å². The van der Waals surface area contributed by atoms with Crippen molar-refractivity contribution >= 4 is 0 Å². The average molecular weight is 136 g/mol. The van der Waals surface area contributed by atoms with E-state index in [1.165, 1.54) is 0 Å². The zero-order valence-corrected chi connectivity index (χ0v) is 5.37. The largest absolute Gasteiger partial charge is 0.406 e. The van der Waals surface area contributed by atoms with Gasteiger partial charge in [0.1, 0.15) is 6.17 Å². The first-order valence-corrected chi connectivity index (χ1v) is 3.15. The average Bonchev–Trinajstić information content (AvgIpc) is 2.34. The lowest BCUT2D eigenvalue weighted by Gasteiger charge is -1.97. The van der Waals surface area contributed by atoms with E-state index in [4.69, 9.17) is 10.6 Å². The minimum absolute atomic E-state index is 0.170. The van der Waals surface area contributed by atoms with Crippen molar-refractivity contribution in [2.45, 2.75) is 6.17 Å². The molecule has 1 aliphatic heterocycles. The number of rotatable bonds is 0. The van der Waals surface area contributed by atoms with Gasteiger partial charge < -0.3 is 10.6 Å². The summed E-state index contributed by atoms with van der Waals surface area (Å²) in [6, 6.07) is 7.68. The fourth-order valence-electron chi connectivity index (χ4n) is 1.02. The zero-order chi connectivity index (χ0) is 6.97. The molecule has 10 heavy (non-hydrogen) atoms. The summed E-state index contributed by atoms with van der Waals surface area (Å²) in [6.07, 6.45) is -0.170. The molecule has 0 aromatic heterocycles. The lowest BCUT2D eigenvalue weighted by Crippen LogP contribution is -2.23. The Morgan fingerprint density at radius 1 is 1.40 bits per heavy atom. The predicted molar refractivity (Wildman–Crippen MR) is 37.1 cm³/mol. The zero-order valence-electron chi connectivity index (χ0n) is 5.37. The summed E-state index contributed by atoms with van der Waals surface area (Å²) >= 11 is 0. The predicted octanol–water partition coefficient (Wildman–Crippen LogP) is 0.541. The lowest BCUT2D eigenvalue weighted by atomic mass is 10.2. The van der Waals surface area contributed by atoms with Crippen LogP contribution >= 0.6 is 0 Å². The smallest absolute Gasteiger partial charge is 0.153 e. The van der Waals surface area contributed by atoms with E-state index in [1.807, 2.05) is 24.3 Å².